The lowest BCUT2D eigenvalue weighted by Crippen LogP contribution is -1.92. The molecule has 0 heterocycles. The van der Waals surface area contributed by atoms with E-state index in [1.165, 1.54) is 76.5 Å². The highest BCUT2D eigenvalue weighted by Gasteiger charge is 2.18. The predicted molar refractivity (Wildman–Crippen MR) is 173 cm³/mol. The molecule has 0 aliphatic heterocycles. The van der Waals surface area contributed by atoms with Crippen LogP contribution in [0.1, 0.15) is 0 Å². The Bertz CT molecular complexity index is 2190. The van der Waals surface area contributed by atoms with Gasteiger partial charge in [0.05, 0.1) is 0 Å². The van der Waals surface area contributed by atoms with Gasteiger partial charge in [-0.05, 0) is 82.5 Å². The highest BCUT2D eigenvalue weighted by atomic mass is 14.2. The molecule has 0 unspecified atom stereocenters. The zero-order valence-electron chi connectivity index (χ0n) is 22.0. The van der Waals surface area contributed by atoms with Gasteiger partial charge in [-0.3, -0.25) is 0 Å². The van der Waals surface area contributed by atoms with Crippen molar-refractivity contribution in [2.45, 2.75) is 0 Å². The van der Waals surface area contributed by atoms with Gasteiger partial charge in [-0.25, -0.2) is 0 Å². The lowest BCUT2D eigenvalue weighted by Gasteiger charge is -2.20. The lowest BCUT2D eigenvalue weighted by molar-refractivity contribution is 1.65. The van der Waals surface area contributed by atoms with Gasteiger partial charge < -0.3 is 0 Å². The molecule has 0 aliphatic carbocycles. The molecule has 186 valence electrons. The van der Waals surface area contributed by atoms with Crippen molar-refractivity contribution >= 4 is 43.1 Å². The number of benzene rings is 8. The second-order valence-corrected chi connectivity index (χ2v) is 10.5. The van der Waals surface area contributed by atoms with E-state index in [0.29, 0.717) is 0 Å². The molecule has 0 heteroatoms. The third kappa shape index (κ3) is 3.54. The number of hydrogen-bond donors (Lipinski definition) is 0. The first-order chi connectivity index (χ1) is 19.9. The topological polar surface area (TPSA) is 0 Å². The summed E-state index contributed by atoms with van der Waals surface area (Å²) in [5.74, 6) is 0. The van der Waals surface area contributed by atoms with Gasteiger partial charge in [-0.1, -0.05) is 152 Å². The smallest absolute Gasteiger partial charge is 0.00201 e. The highest BCUT2D eigenvalue weighted by molar-refractivity contribution is 6.24. The number of hydrogen-bond acceptors (Lipinski definition) is 0. The van der Waals surface area contributed by atoms with Gasteiger partial charge in [0.1, 0.15) is 0 Å². The molecule has 0 bridgehead atoms. The average Bonchev–Trinajstić information content (AvgIpc) is 3.03. The van der Waals surface area contributed by atoms with Gasteiger partial charge in [-0.15, -0.1) is 0 Å². The molecule has 0 aromatic heterocycles. The lowest BCUT2D eigenvalue weighted by atomic mass is 9.83. The molecule has 0 saturated carbocycles. The van der Waals surface area contributed by atoms with E-state index in [4.69, 9.17) is 0 Å². The molecule has 0 spiro atoms. The van der Waals surface area contributed by atoms with E-state index in [9.17, 15) is 0 Å². The van der Waals surface area contributed by atoms with E-state index in [2.05, 4.69) is 158 Å². The minimum atomic E-state index is 1.24. The van der Waals surface area contributed by atoms with Crippen LogP contribution in [0.3, 0.4) is 0 Å². The Balaban J connectivity index is 1.55. The summed E-state index contributed by atoms with van der Waals surface area (Å²) in [4.78, 5) is 0. The van der Waals surface area contributed by atoms with Gasteiger partial charge in [-0.2, -0.15) is 0 Å². The summed E-state index contributed by atoms with van der Waals surface area (Å²) in [6.45, 7) is 0. The van der Waals surface area contributed by atoms with Crippen LogP contribution in [0, 0.1) is 0 Å². The largest absolute Gasteiger partial charge is 0.0622 e. The average molecular weight is 507 g/mol. The van der Waals surface area contributed by atoms with Gasteiger partial charge in [0.2, 0.25) is 0 Å². The quantitative estimate of drug-likeness (QED) is 0.209. The summed E-state index contributed by atoms with van der Waals surface area (Å²) >= 11 is 0. The van der Waals surface area contributed by atoms with E-state index in [0.717, 1.165) is 0 Å². The van der Waals surface area contributed by atoms with Crippen molar-refractivity contribution in [1.29, 1.82) is 0 Å². The summed E-state index contributed by atoms with van der Waals surface area (Å²) in [6, 6.07) is 57.5. The minimum Gasteiger partial charge on any atom is -0.0622 e. The highest BCUT2D eigenvalue weighted by Crippen LogP contribution is 2.46. The maximum Gasteiger partial charge on any atom is -0.00201 e. The SMILES string of the molecule is c1ccc(-c2c3ccccc3c(-c3cccc4ccccc34)c3ccc(-c4cccc5ccccc45)cc23)cc1. The standard InChI is InChI=1S/C40H26/c1-2-14-29(15-3-1)39-35-20-8-9-21-36(35)40(34-23-11-17-28-13-5-7-19-32(28)34)37-25-24-30(26-38(37)39)33-22-10-16-27-12-4-6-18-31(27)33/h1-26H. The molecule has 0 radical (unpaired) electrons. The van der Waals surface area contributed by atoms with Gasteiger partial charge in [0.15, 0.2) is 0 Å². The van der Waals surface area contributed by atoms with Crippen LogP contribution in [0.5, 0.6) is 0 Å². The molecule has 0 nitrogen and oxygen atoms in total. The molecule has 0 atom stereocenters. The van der Waals surface area contributed by atoms with Crippen LogP contribution in [0.25, 0.3) is 76.5 Å². The van der Waals surface area contributed by atoms with Crippen LogP contribution < -0.4 is 0 Å². The van der Waals surface area contributed by atoms with Crippen LogP contribution in [0.4, 0.5) is 0 Å². The molecule has 0 aliphatic rings. The molecule has 8 aromatic carbocycles. The number of fused-ring (bicyclic) bond motifs is 4. The third-order valence-corrected chi connectivity index (χ3v) is 8.25. The summed E-state index contributed by atoms with van der Waals surface area (Å²) in [7, 11) is 0. The second kappa shape index (κ2) is 9.22. The first-order valence-electron chi connectivity index (χ1n) is 13.9. The van der Waals surface area contributed by atoms with Crippen LogP contribution in [0.2, 0.25) is 0 Å². The normalized spacial score (nSPS) is 11.5. The molecule has 0 N–H and O–H groups in total. The Morgan fingerprint density at radius 1 is 0.250 bits per heavy atom. The van der Waals surface area contributed by atoms with Gasteiger partial charge in [0, 0.05) is 0 Å². The maximum absolute atomic E-state index is 2.42. The molecule has 40 heavy (non-hydrogen) atoms. The second-order valence-electron chi connectivity index (χ2n) is 10.5. The monoisotopic (exact) mass is 506 g/mol. The Labute approximate surface area is 233 Å². The van der Waals surface area contributed by atoms with Crippen molar-refractivity contribution in [3.8, 4) is 33.4 Å². The van der Waals surface area contributed by atoms with E-state index in [1.807, 2.05) is 0 Å². The van der Waals surface area contributed by atoms with E-state index < -0.39 is 0 Å². The fraction of sp³-hybridized carbons (Fsp3) is 0. The Hall–Kier alpha value is -5.20. The third-order valence-electron chi connectivity index (χ3n) is 8.25. The van der Waals surface area contributed by atoms with Crippen molar-refractivity contribution in [3.05, 3.63) is 158 Å². The van der Waals surface area contributed by atoms with Crippen LogP contribution in [0.15, 0.2) is 158 Å². The Morgan fingerprint density at radius 3 is 1.45 bits per heavy atom. The first-order valence-corrected chi connectivity index (χ1v) is 13.9. The van der Waals surface area contributed by atoms with Crippen molar-refractivity contribution < 1.29 is 0 Å². The van der Waals surface area contributed by atoms with E-state index in [1.54, 1.807) is 0 Å². The summed E-state index contributed by atoms with van der Waals surface area (Å²) in [5.41, 5.74) is 7.60. The number of rotatable bonds is 3. The summed E-state index contributed by atoms with van der Waals surface area (Å²) in [6.07, 6.45) is 0. The zero-order chi connectivity index (χ0) is 26.5. The molecule has 0 amide bonds. The van der Waals surface area contributed by atoms with Crippen LogP contribution >= 0.6 is 0 Å². The van der Waals surface area contributed by atoms with Gasteiger partial charge in [0.25, 0.3) is 0 Å². The Morgan fingerprint density at radius 2 is 0.750 bits per heavy atom. The Kier molecular flexibility index (Phi) is 5.24. The van der Waals surface area contributed by atoms with Crippen molar-refractivity contribution in [2.24, 2.45) is 0 Å². The van der Waals surface area contributed by atoms with Crippen molar-refractivity contribution in [2.75, 3.05) is 0 Å². The van der Waals surface area contributed by atoms with Crippen LogP contribution in [-0.4, -0.2) is 0 Å². The molecular formula is C40H26. The van der Waals surface area contributed by atoms with Crippen molar-refractivity contribution in [3.63, 3.8) is 0 Å². The fourth-order valence-corrected chi connectivity index (χ4v) is 6.47. The van der Waals surface area contributed by atoms with Gasteiger partial charge >= 0.3 is 0 Å². The van der Waals surface area contributed by atoms with Crippen LogP contribution in [-0.2, 0) is 0 Å². The molecule has 8 aromatic rings. The maximum atomic E-state index is 2.42. The van der Waals surface area contributed by atoms with E-state index in [-0.39, 0.29) is 0 Å². The summed E-state index contributed by atoms with van der Waals surface area (Å²) in [5, 5.41) is 10.2. The molecule has 0 fully saturated rings. The predicted octanol–water partition coefficient (Wildman–Crippen LogP) is 11.3. The molecule has 8 rings (SSSR count). The summed E-state index contributed by atoms with van der Waals surface area (Å²) < 4.78 is 0. The molecular weight excluding hydrogens is 480 g/mol. The minimum absolute atomic E-state index is 1.24. The molecule has 0 saturated heterocycles. The van der Waals surface area contributed by atoms with Crippen molar-refractivity contribution in [1.82, 2.24) is 0 Å². The first kappa shape index (κ1) is 22.8. The zero-order valence-corrected chi connectivity index (χ0v) is 22.0. The van der Waals surface area contributed by atoms with E-state index >= 15 is 0 Å². The fourth-order valence-electron chi connectivity index (χ4n) is 6.47.